The maximum absolute atomic E-state index is 4.76. The average Bonchev–Trinajstić information content (AvgIpc) is 3.58. The van der Waals surface area contributed by atoms with Crippen LogP contribution < -0.4 is 5.32 Å². The molecule has 0 unspecified atom stereocenters. The summed E-state index contributed by atoms with van der Waals surface area (Å²) in [5.41, 5.74) is 5.62. The van der Waals surface area contributed by atoms with E-state index in [-0.39, 0.29) is 0 Å². The Morgan fingerprint density at radius 3 is 2.53 bits per heavy atom. The molecule has 6 aromatic rings. The number of aromatic nitrogens is 6. The van der Waals surface area contributed by atoms with Crippen LogP contribution in [0.5, 0.6) is 0 Å². The molecule has 0 saturated carbocycles. The summed E-state index contributed by atoms with van der Waals surface area (Å²) in [6.45, 7) is 4.20. The van der Waals surface area contributed by atoms with E-state index >= 15 is 0 Å². The second kappa shape index (κ2) is 8.72. The molecule has 0 amide bonds. The third-order valence-electron chi connectivity index (χ3n) is 5.75. The zero-order valence-electron chi connectivity index (χ0n) is 18.7. The van der Waals surface area contributed by atoms with E-state index in [9.17, 15) is 0 Å². The minimum Gasteiger partial charge on any atom is -0.363 e. The van der Waals surface area contributed by atoms with Gasteiger partial charge in [0.25, 0.3) is 0 Å². The number of hydrogen-bond acceptors (Lipinski definition) is 6. The summed E-state index contributed by atoms with van der Waals surface area (Å²) in [4.78, 5) is 9.32. The van der Waals surface area contributed by atoms with Crippen molar-refractivity contribution in [3.05, 3.63) is 101 Å². The third kappa shape index (κ3) is 4.27. The van der Waals surface area contributed by atoms with Crippen molar-refractivity contribution >= 4 is 38.3 Å². The van der Waals surface area contributed by atoms with Crippen molar-refractivity contribution in [3.63, 3.8) is 0 Å². The predicted octanol–water partition coefficient (Wildman–Crippen LogP) is 5.25. The Bertz CT molecular complexity index is 1560. The number of nitrogens with one attached hydrogen (secondary N) is 1. The van der Waals surface area contributed by atoms with Crippen molar-refractivity contribution in [1.82, 2.24) is 29.5 Å². The summed E-state index contributed by atoms with van der Waals surface area (Å²) in [7, 11) is 0. The minimum absolute atomic E-state index is 0.632. The van der Waals surface area contributed by atoms with E-state index in [2.05, 4.69) is 71.0 Å². The van der Waals surface area contributed by atoms with Crippen LogP contribution in [0, 0.1) is 6.92 Å². The lowest BCUT2D eigenvalue weighted by Crippen LogP contribution is -2.02. The van der Waals surface area contributed by atoms with Gasteiger partial charge in [0.05, 0.1) is 40.8 Å². The van der Waals surface area contributed by atoms with Gasteiger partial charge in [-0.1, -0.05) is 30.3 Å². The highest BCUT2D eigenvalue weighted by molar-refractivity contribution is 7.18. The number of pyridine rings is 1. The molecule has 0 fully saturated rings. The van der Waals surface area contributed by atoms with Gasteiger partial charge < -0.3 is 5.32 Å². The van der Waals surface area contributed by atoms with Crippen LogP contribution in [0.2, 0.25) is 0 Å². The number of benzene rings is 2. The lowest BCUT2D eigenvalue weighted by molar-refractivity contribution is 0.682. The molecule has 0 aliphatic heterocycles. The molecule has 0 radical (unpaired) electrons. The Morgan fingerprint density at radius 1 is 0.912 bits per heavy atom. The zero-order chi connectivity index (χ0) is 22.9. The Morgan fingerprint density at radius 2 is 1.74 bits per heavy atom. The fourth-order valence-corrected chi connectivity index (χ4v) is 4.94. The Kier molecular flexibility index (Phi) is 5.27. The molecule has 34 heavy (non-hydrogen) atoms. The highest BCUT2D eigenvalue weighted by Crippen LogP contribution is 2.25. The summed E-state index contributed by atoms with van der Waals surface area (Å²) in [6, 6.07) is 18.9. The van der Waals surface area contributed by atoms with Gasteiger partial charge in [-0.05, 0) is 47.9 Å². The van der Waals surface area contributed by atoms with E-state index in [0.717, 1.165) is 33.8 Å². The molecular formula is C26H23N7S. The highest BCUT2D eigenvalue weighted by atomic mass is 32.1. The monoisotopic (exact) mass is 465 g/mol. The van der Waals surface area contributed by atoms with E-state index in [1.807, 2.05) is 27.7 Å². The Labute approximate surface area is 200 Å². The van der Waals surface area contributed by atoms with Crippen LogP contribution in [0.3, 0.4) is 0 Å². The second-order valence-corrected chi connectivity index (χ2v) is 9.49. The van der Waals surface area contributed by atoms with Crippen molar-refractivity contribution in [1.29, 1.82) is 0 Å². The molecule has 0 spiro atoms. The van der Waals surface area contributed by atoms with Gasteiger partial charge in [0, 0.05) is 24.8 Å². The average molecular weight is 466 g/mol. The van der Waals surface area contributed by atoms with Crippen LogP contribution in [0.1, 0.15) is 21.7 Å². The number of aryl methyl sites for hydroxylation is 1. The van der Waals surface area contributed by atoms with Crippen LogP contribution in [0.4, 0.5) is 5.82 Å². The van der Waals surface area contributed by atoms with Crippen molar-refractivity contribution in [2.75, 3.05) is 5.32 Å². The molecule has 0 aliphatic carbocycles. The molecule has 2 aromatic carbocycles. The minimum atomic E-state index is 0.632. The van der Waals surface area contributed by atoms with Gasteiger partial charge in [-0.2, -0.15) is 10.2 Å². The van der Waals surface area contributed by atoms with Crippen LogP contribution >= 0.6 is 11.3 Å². The summed E-state index contributed by atoms with van der Waals surface area (Å²) >= 11 is 1.71. The maximum Gasteiger partial charge on any atom is 0.137 e. The predicted molar refractivity (Wildman–Crippen MR) is 136 cm³/mol. The maximum atomic E-state index is 4.76. The lowest BCUT2D eigenvalue weighted by atomic mass is 10.1. The van der Waals surface area contributed by atoms with Gasteiger partial charge in [-0.3, -0.25) is 9.36 Å². The molecular weight excluding hydrogens is 442 g/mol. The fraction of sp³-hybridized carbons (Fsp3) is 0.154. The quantitative estimate of drug-likeness (QED) is 0.348. The number of thiazole rings is 1. The van der Waals surface area contributed by atoms with Crippen LogP contribution in [-0.4, -0.2) is 29.5 Å². The second-order valence-electron chi connectivity index (χ2n) is 8.37. The first kappa shape index (κ1) is 20.6. The van der Waals surface area contributed by atoms with Crippen LogP contribution in [0.25, 0.3) is 21.1 Å². The van der Waals surface area contributed by atoms with Gasteiger partial charge in [-0.15, -0.1) is 11.3 Å². The molecule has 4 heterocycles. The van der Waals surface area contributed by atoms with E-state index in [4.69, 9.17) is 10.1 Å². The highest BCUT2D eigenvalue weighted by Gasteiger charge is 2.10. The SMILES string of the molecule is Cc1ccc2sc(CNc3nccc4nn(Cc5ccc(Cn6cccn6)cc5)cc34)nc2c1. The molecule has 6 rings (SSSR count). The molecule has 0 saturated heterocycles. The molecule has 168 valence electrons. The Hall–Kier alpha value is -4.04. The molecule has 1 N–H and O–H groups in total. The topological polar surface area (TPSA) is 73.5 Å². The van der Waals surface area contributed by atoms with Gasteiger partial charge in [0.15, 0.2) is 0 Å². The number of anilines is 1. The smallest absolute Gasteiger partial charge is 0.137 e. The van der Waals surface area contributed by atoms with Gasteiger partial charge in [0.2, 0.25) is 0 Å². The van der Waals surface area contributed by atoms with Crippen molar-refractivity contribution < 1.29 is 0 Å². The van der Waals surface area contributed by atoms with E-state index in [0.29, 0.717) is 13.1 Å². The lowest BCUT2D eigenvalue weighted by Gasteiger charge is -2.05. The summed E-state index contributed by atoms with van der Waals surface area (Å²) in [5, 5.41) is 14.5. The normalized spacial score (nSPS) is 11.4. The van der Waals surface area contributed by atoms with E-state index in [1.54, 1.807) is 23.7 Å². The molecule has 4 aromatic heterocycles. The van der Waals surface area contributed by atoms with Gasteiger partial charge in [-0.25, -0.2) is 9.97 Å². The standard InChI is InChI=1S/C26H23N7S/c1-18-3-8-24-23(13-18)30-25(34-24)14-28-26-21-17-33(31-22(21)9-11-27-26)16-20-6-4-19(5-7-20)15-32-12-2-10-29-32/h2-13,17H,14-16H2,1H3,(H,27,28). The van der Waals surface area contributed by atoms with Crippen LogP contribution in [0.15, 0.2) is 79.4 Å². The Balaban J connectivity index is 1.17. The van der Waals surface area contributed by atoms with Crippen molar-refractivity contribution in [3.8, 4) is 0 Å². The van der Waals surface area contributed by atoms with E-state index in [1.165, 1.54) is 21.4 Å². The zero-order valence-corrected chi connectivity index (χ0v) is 19.5. The number of rotatable bonds is 7. The first-order valence-electron chi connectivity index (χ1n) is 11.2. The van der Waals surface area contributed by atoms with Gasteiger partial charge in [0.1, 0.15) is 10.8 Å². The molecule has 7 nitrogen and oxygen atoms in total. The number of fused-ring (bicyclic) bond motifs is 2. The van der Waals surface area contributed by atoms with Gasteiger partial charge >= 0.3 is 0 Å². The summed E-state index contributed by atoms with van der Waals surface area (Å²) in [5.74, 6) is 0.828. The molecule has 0 bridgehead atoms. The first-order valence-corrected chi connectivity index (χ1v) is 12.0. The van der Waals surface area contributed by atoms with Crippen molar-refractivity contribution in [2.24, 2.45) is 0 Å². The molecule has 0 atom stereocenters. The molecule has 8 heteroatoms. The summed E-state index contributed by atoms with van der Waals surface area (Å²) < 4.78 is 5.10. The third-order valence-corrected chi connectivity index (χ3v) is 6.78. The first-order chi connectivity index (χ1) is 16.7. The summed E-state index contributed by atoms with van der Waals surface area (Å²) in [6.07, 6.45) is 7.63. The number of nitrogens with zero attached hydrogens (tertiary/aromatic N) is 6. The molecule has 0 aliphatic rings. The largest absolute Gasteiger partial charge is 0.363 e. The van der Waals surface area contributed by atoms with E-state index < -0.39 is 0 Å². The van der Waals surface area contributed by atoms with Crippen LogP contribution in [-0.2, 0) is 19.6 Å². The fourth-order valence-electron chi connectivity index (χ4n) is 4.05. The number of hydrogen-bond donors (Lipinski definition) is 1. The van der Waals surface area contributed by atoms with Crippen molar-refractivity contribution in [2.45, 2.75) is 26.6 Å².